The molecule has 0 unspecified atom stereocenters. The molecule has 2 rings (SSSR count). The SMILES string of the molecule is CC(=O)NCc1ccc(C(=O)Oc2cc(C)cc(C(C)C)c2)cc1. The molecule has 0 radical (unpaired) electrons. The number of esters is 1. The average Bonchev–Trinajstić information content (AvgIpc) is 2.52. The van der Waals surface area contributed by atoms with Gasteiger partial charge >= 0.3 is 5.97 Å². The third-order valence-electron chi connectivity index (χ3n) is 3.68. The number of nitrogens with one attached hydrogen (secondary N) is 1. The number of benzene rings is 2. The molecule has 1 N–H and O–H groups in total. The predicted molar refractivity (Wildman–Crippen MR) is 94.2 cm³/mol. The van der Waals surface area contributed by atoms with Crippen LogP contribution in [-0.4, -0.2) is 11.9 Å². The Morgan fingerprint density at radius 2 is 1.75 bits per heavy atom. The van der Waals surface area contributed by atoms with Gasteiger partial charge in [0.15, 0.2) is 0 Å². The highest BCUT2D eigenvalue weighted by Crippen LogP contribution is 2.23. The number of hydrogen-bond donors (Lipinski definition) is 1. The fraction of sp³-hybridized carbons (Fsp3) is 0.300. The summed E-state index contributed by atoms with van der Waals surface area (Å²) in [6.45, 7) is 8.11. The molecule has 4 nitrogen and oxygen atoms in total. The Hall–Kier alpha value is -2.62. The molecule has 0 atom stereocenters. The Kier molecular flexibility index (Phi) is 5.74. The van der Waals surface area contributed by atoms with Crippen molar-refractivity contribution in [2.24, 2.45) is 0 Å². The lowest BCUT2D eigenvalue weighted by Crippen LogP contribution is -2.19. The van der Waals surface area contributed by atoms with E-state index in [0.717, 1.165) is 16.7 Å². The summed E-state index contributed by atoms with van der Waals surface area (Å²) in [7, 11) is 0. The molecule has 2 aromatic rings. The topological polar surface area (TPSA) is 55.4 Å². The first kappa shape index (κ1) is 17.7. The summed E-state index contributed by atoms with van der Waals surface area (Å²) >= 11 is 0. The van der Waals surface area contributed by atoms with Crippen molar-refractivity contribution < 1.29 is 14.3 Å². The molecule has 0 bridgehead atoms. The molecule has 1 amide bonds. The van der Waals surface area contributed by atoms with Crippen molar-refractivity contribution in [3.63, 3.8) is 0 Å². The Morgan fingerprint density at radius 3 is 2.33 bits per heavy atom. The van der Waals surface area contributed by atoms with Crippen molar-refractivity contribution in [3.05, 3.63) is 64.7 Å². The van der Waals surface area contributed by atoms with Crippen LogP contribution < -0.4 is 10.1 Å². The third-order valence-corrected chi connectivity index (χ3v) is 3.68. The second-order valence-electron chi connectivity index (χ2n) is 6.23. The summed E-state index contributed by atoms with van der Waals surface area (Å²) in [6, 6.07) is 12.9. The molecule has 0 fully saturated rings. The van der Waals surface area contributed by atoms with E-state index < -0.39 is 0 Å². The Morgan fingerprint density at radius 1 is 1.08 bits per heavy atom. The maximum atomic E-state index is 12.3. The smallest absolute Gasteiger partial charge is 0.343 e. The number of carbonyl (C=O) groups excluding carboxylic acids is 2. The number of carbonyl (C=O) groups is 2. The van der Waals surface area contributed by atoms with Crippen LogP contribution in [0.2, 0.25) is 0 Å². The summed E-state index contributed by atoms with van der Waals surface area (Å²) in [4.78, 5) is 23.2. The largest absolute Gasteiger partial charge is 0.423 e. The monoisotopic (exact) mass is 325 g/mol. The summed E-state index contributed by atoms with van der Waals surface area (Å²) in [5, 5.41) is 2.72. The van der Waals surface area contributed by atoms with Crippen LogP contribution in [0.1, 0.15) is 53.7 Å². The zero-order valence-corrected chi connectivity index (χ0v) is 14.6. The van der Waals surface area contributed by atoms with E-state index in [1.165, 1.54) is 6.92 Å². The van der Waals surface area contributed by atoms with E-state index in [2.05, 4.69) is 25.2 Å². The van der Waals surface area contributed by atoms with Crippen LogP contribution >= 0.6 is 0 Å². The van der Waals surface area contributed by atoms with Crippen molar-refractivity contribution in [3.8, 4) is 5.75 Å². The van der Waals surface area contributed by atoms with E-state index in [0.29, 0.717) is 23.8 Å². The standard InChI is InChI=1S/C20H23NO3/c1-13(2)18-9-14(3)10-19(11-18)24-20(23)17-7-5-16(6-8-17)12-21-15(4)22/h5-11,13H,12H2,1-4H3,(H,21,22). The van der Waals surface area contributed by atoms with Gasteiger partial charge < -0.3 is 10.1 Å². The molecule has 0 aromatic heterocycles. The summed E-state index contributed by atoms with van der Waals surface area (Å²) < 4.78 is 5.50. The highest BCUT2D eigenvalue weighted by Gasteiger charge is 2.11. The van der Waals surface area contributed by atoms with Gasteiger partial charge in [-0.05, 0) is 53.8 Å². The summed E-state index contributed by atoms with van der Waals surface area (Å²) in [6.07, 6.45) is 0. The maximum absolute atomic E-state index is 12.3. The van der Waals surface area contributed by atoms with Gasteiger partial charge in [0.05, 0.1) is 5.56 Å². The Bertz CT molecular complexity index is 733. The quantitative estimate of drug-likeness (QED) is 0.668. The van der Waals surface area contributed by atoms with Gasteiger partial charge in [-0.3, -0.25) is 4.79 Å². The molecule has 0 aliphatic rings. The fourth-order valence-electron chi connectivity index (χ4n) is 2.32. The first-order chi connectivity index (χ1) is 11.3. The average molecular weight is 325 g/mol. The Balaban J connectivity index is 2.08. The van der Waals surface area contributed by atoms with Gasteiger partial charge in [0.1, 0.15) is 5.75 Å². The van der Waals surface area contributed by atoms with E-state index in [1.54, 1.807) is 12.1 Å². The van der Waals surface area contributed by atoms with E-state index in [-0.39, 0.29) is 11.9 Å². The molecule has 0 saturated heterocycles. The molecule has 0 heterocycles. The molecular formula is C20H23NO3. The third kappa shape index (κ3) is 4.95. The first-order valence-corrected chi connectivity index (χ1v) is 8.02. The first-order valence-electron chi connectivity index (χ1n) is 8.02. The number of hydrogen-bond acceptors (Lipinski definition) is 3. The molecule has 4 heteroatoms. The second kappa shape index (κ2) is 7.77. The van der Waals surface area contributed by atoms with Crippen LogP contribution in [0, 0.1) is 6.92 Å². The molecular weight excluding hydrogens is 302 g/mol. The van der Waals surface area contributed by atoms with Crippen LogP contribution in [0.5, 0.6) is 5.75 Å². The van der Waals surface area contributed by atoms with Gasteiger partial charge in [0, 0.05) is 13.5 Å². The minimum Gasteiger partial charge on any atom is -0.423 e. The highest BCUT2D eigenvalue weighted by molar-refractivity contribution is 5.91. The molecule has 24 heavy (non-hydrogen) atoms. The lowest BCUT2D eigenvalue weighted by atomic mass is 10.0. The van der Waals surface area contributed by atoms with Crippen LogP contribution in [0.4, 0.5) is 0 Å². The number of amides is 1. The maximum Gasteiger partial charge on any atom is 0.343 e. The molecule has 126 valence electrons. The normalized spacial score (nSPS) is 10.5. The van der Waals surface area contributed by atoms with E-state index >= 15 is 0 Å². The van der Waals surface area contributed by atoms with E-state index in [9.17, 15) is 9.59 Å². The van der Waals surface area contributed by atoms with Crippen molar-refractivity contribution >= 4 is 11.9 Å². The zero-order valence-electron chi connectivity index (χ0n) is 14.6. The van der Waals surface area contributed by atoms with Gasteiger partial charge in [0.2, 0.25) is 5.91 Å². The minimum atomic E-state index is -0.388. The van der Waals surface area contributed by atoms with Gasteiger partial charge in [-0.1, -0.05) is 32.0 Å². The van der Waals surface area contributed by atoms with Gasteiger partial charge in [-0.25, -0.2) is 4.79 Å². The van der Waals surface area contributed by atoms with Gasteiger partial charge in [-0.2, -0.15) is 0 Å². The van der Waals surface area contributed by atoms with Crippen LogP contribution in [0.25, 0.3) is 0 Å². The van der Waals surface area contributed by atoms with Crippen molar-refractivity contribution in [2.75, 3.05) is 0 Å². The van der Waals surface area contributed by atoms with Crippen LogP contribution in [0.15, 0.2) is 42.5 Å². The van der Waals surface area contributed by atoms with Crippen LogP contribution in [0.3, 0.4) is 0 Å². The summed E-state index contributed by atoms with van der Waals surface area (Å²) in [5.74, 6) is 0.460. The molecule has 2 aromatic carbocycles. The number of ether oxygens (including phenoxy) is 1. The predicted octanol–water partition coefficient (Wildman–Crippen LogP) is 3.97. The van der Waals surface area contributed by atoms with Crippen LogP contribution in [-0.2, 0) is 11.3 Å². The lowest BCUT2D eigenvalue weighted by Gasteiger charge is -2.11. The lowest BCUT2D eigenvalue weighted by molar-refractivity contribution is -0.119. The molecule has 0 aliphatic heterocycles. The minimum absolute atomic E-state index is 0.0844. The highest BCUT2D eigenvalue weighted by atomic mass is 16.5. The molecule has 0 spiro atoms. The zero-order chi connectivity index (χ0) is 17.7. The van der Waals surface area contributed by atoms with Crippen molar-refractivity contribution in [2.45, 2.75) is 40.2 Å². The molecule has 0 aliphatic carbocycles. The van der Waals surface area contributed by atoms with Gasteiger partial charge in [-0.15, -0.1) is 0 Å². The second-order valence-corrected chi connectivity index (χ2v) is 6.23. The summed E-state index contributed by atoms with van der Waals surface area (Å²) in [5.41, 5.74) is 3.62. The van der Waals surface area contributed by atoms with E-state index in [4.69, 9.17) is 4.74 Å². The number of rotatable bonds is 5. The van der Waals surface area contributed by atoms with Crippen molar-refractivity contribution in [1.29, 1.82) is 0 Å². The van der Waals surface area contributed by atoms with E-state index in [1.807, 2.05) is 31.2 Å². The van der Waals surface area contributed by atoms with Gasteiger partial charge in [0.25, 0.3) is 0 Å². The molecule has 0 saturated carbocycles. The number of aryl methyl sites for hydroxylation is 1. The Labute approximate surface area is 142 Å². The van der Waals surface area contributed by atoms with Crippen molar-refractivity contribution in [1.82, 2.24) is 5.32 Å². The fourth-order valence-corrected chi connectivity index (χ4v) is 2.32.